The van der Waals surface area contributed by atoms with Crippen molar-refractivity contribution in [1.29, 1.82) is 0 Å². The van der Waals surface area contributed by atoms with Crippen LogP contribution in [-0.2, 0) is 9.53 Å². The van der Waals surface area contributed by atoms with Crippen molar-refractivity contribution in [3.8, 4) is 11.3 Å². The largest absolute Gasteiger partial charge is 0.452 e. The van der Waals surface area contributed by atoms with E-state index in [1.807, 2.05) is 43.3 Å². The van der Waals surface area contributed by atoms with Crippen LogP contribution in [0.1, 0.15) is 30.1 Å². The lowest BCUT2D eigenvalue weighted by molar-refractivity contribution is -0.124. The summed E-state index contributed by atoms with van der Waals surface area (Å²) in [6.07, 6.45) is 1.86. The molecule has 0 aliphatic carbocycles. The lowest BCUT2D eigenvalue weighted by Crippen LogP contribution is -2.29. The van der Waals surface area contributed by atoms with Crippen LogP contribution in [0.25, 0.3) is 22.2 Å². The Morgan fingerprint density at radius 3 is 2.64 bits per heavy atom. The van der Waals surface area contributed by atoms with Gasteiger partial charge < -0.3 is 10.1 Å². The molecule has 0 saturated carbocycles. The third-order valence-electron chi connectivity index (χ3n) is 4.27. The molecule has 0 aliphatic heterocycles. The number of aromatic nitrogens is 1. The molecule has 0 radical (unpaired) electrons. The first-order chi connectivity index (χ1) is 13.6. The molecular formula is C22H21ClN2O3. The molecule has 0 bridgehead atoms. The van der Waals surface area contributed by atoms with Crippen LogP contribution in [0.5, 0.6) is 0 Å². The van der Waals surface area contributed by atoms with Crippen molar-refractivity contribution >= 4 is 34.4 Å². The number of carbonyl (C=O) groups is 2. The molecule has 3 aromatic rings. The molecule has 144 valence electrons. The molecule has 2 aromatic carbocycles. The standard InChI is InChI=1S/C22H21ClN2O3/c1-2-3-12-24-21(26)14-28-22(27)17-13-20(16-9-4-6-10-18(16)23)25-19-11-7-5-8-15(17)19/h4-11,13H,2-3,12,14H2,1H3,(H,24,26). The summed E-state index contributed by atoms with van der Waals surface area (Å²) in [6.45, 7) is 2.29. The Labute approximate surface area is 168 Å². The average Bonchev–Trinajstić information content (AvgIpc) is 2.71. The van der Waals surface area contributed by atoms with Crippen molar-refractivity contribution in [2.45, 2.75) is 19.8 Å². The molecule has 0 fully saturated rings. The SMILES string of the molecule is CCCCNC(=O)COC(=O)c1cc(-c2ccccc2Cl)nc2ccccc12. The van der Waals surface area contributed by atoms with Gasteiger partial charge in [-0.2, -0.15) is 0 Å². The van der Waals surface area contributed by atoms with Gasteiger partial charge in [-0.15, -0.1) is 0 Å². The highest BCUT2D eigenvalue weighted by Gasteiger charge is 2.17. The van der Waals surface area contributed by atoms with E-state index in [1.165, 1.54) is 0 Å². The summed E-state index contributed by atoms with van der Waals surface area (Å²) in [7, 11) is 0. The highest BCUT2D eigenvalue weighted by atomic mass is 35.5. The smallest absolute Gasteiger partial charge is 0.339 e. The Kier molecular flexibility index (Phi) is 6.61. The zero-order chi connectivity index (χ0) is 19.9. The number of pyridine rings is 1. The average molecular weight is 397 g/mol. The number of amides is 1. The van der Waals surface area contributed by atoms with Gasteiger partial charge in [0.15, 0.2) is 6.61 Å². The normalized spacial score (nSPS) is 10.6. The van der Waals surface area contributed by atoms with Crippen LogP contribution in [0.15, 0.2) is 54.6 Å². The summed E-state index contributed by atoms with van der Waals surface area (Å²) in [5, 5.41) is 3.93. The third-order valence-corrected chi connectivity index (χ3v) is 4.60. The molecule has 6 heteroatoms. The van der Waals surface area contributed by atoms with Crippen LogP contribution >= 0.6 is 11.6 Å². The fourth-order valence-corrected chi connectivity index (χ4v) is 3.05. The summed E-state index contributed by atoms with van der Waals surface area (Å²) in [4.78, 5) is 29.2. The predicted molar refractivity (Wildman–Crippen MR) is 110 cm³/mol. The second-order valence-electron chi connectivity index (χ2n) is 6.33. The lowest BCUT2D eigenvalue weighted by atomic mass is 10.0. The van der Waals surface area contributed by atoms with Crippen molar-refractivity contribution in [3.05, 3.63) is 65.2 Å². The second kappa shape index (κ2) is 9.33. The zero-order valence-electron chi connectivity index (χ0n) is 15.6. The molecule has 28 heavy (non-hydrogen) atoms. The van der Waals surface area contributed by atoms with Gasteiger partial charge in [0, 0.05) is 22.5 Å². The summed E-state index contributed by atoms with van der Waals surface area (Å²) in [5.41, 5.74) is 2.30. The maximum Gasteiger partial charge on any atom is 0.339 e. The van der Waals surface area contributed by atoms with Gasteiger partial charge in [-0.25, -0.2) is 9.78 Å². The van der Waals surface area contributed by atoms with Crippen LogP contribution in [0, 0.1) is 0 Å². The van der Waals surface area contributed by atoms with Crippen molar-refractivity contribution in [3.63, 3.8) is 0 Å². The maximum atomic E-state index is 12.7. The number of halogens is 1. The molecule has 1 heterocycles. The van der Waals surface area contributed by atoms with E-state index in [0.29, 0.717) is 33.7 Å². The van der Waals surface area contributed by atoms with Gasteiger partial charge in [0.1, 0.15) is 0 Å². The van der Waals surface area contributed by atoms with E-state index in [4.69, 9.17) is 16.3 Å². The van der Waals surface area contributed by atoms with Crippen molar-refractivity contribution in [2.75, 3.05) is 13.2 Å². The summed E-state index contributed by atoms with van der Waals surface area (Å²) in [6, 6.07) is 16.3. The number of ether oxygens (including phenoxy) is 1. The van der Waals surface area contributed by atoms with Gasteiger partial charge in [0.2, 0.25) is 0 Å². The number of carbonyl (C=O) groups excluding carboxylic acids is 2. The Morgan fingerprint density at radius 1 is 1.11 bits per heavy atom. The molecule has 0 spiro atoms. The number of esters is 1. The first-order valence-corrected chi connectivity index (χ1v) is 9.56. The molecule has 0 unspecified atom stereocenters. The summed E-state index contributed by atoms with van der Waals surface area (Å²) in [5.74, 6) is -0.885. The van der Waals surface area contributed by atoms with Crippen LogP contribution in [0.4, 0.5) is 0 Å². The maximum absolute atomic E-state index is 12.7. The van der Waals surface area contributed by atoms with Crippen LogP contribution in [-0.4, -0.2) is 30.0 Å². The molecule has 1 amide bonds. The van der Waals surface area contributed by atoms with E-state index in [1.54, 1.807) is 18.2 Å². The number of benzene rings is 2. The minimum absolute atomic E-state index is 0.313. The van der Waals surface area contributed by atoms with E-state index >= 15 is 0 Å². The molecule has 5 nitrogen and oxygen atoms in total. The third kappa shape index (κ3) is 4.67. The zero-order valence-corrected chi connectivity index (χ0v) is 16.3. The van der Waals surface area contributed by atoms with E-state index < -0.39 is 5.97 Å². The molecular weight excluding hydrogens is 376 g/mol. The topological polar surface area (TPSA) is 68.3 Å². The fraction of sp³-hybridized carbons (Fsp3) is 0.227. The van der Waals surface area contributed by atoms with Crippen LogP contribution < -0.4 is 5.32 Å². The Morgan fingerprint density at radius 2 is 1.86 bits per heavy atom. The fourth-order valence-electron chi connectivity index (χ4n) is 2.82. The van der Waals surface area contributed by atoms with Gasteiger partial charge in [0.05, 0.1) is 16.8 Å². The predicted octanol–water partition coefficient (Wildman–Crippen LogP) is 4.63. The molecule has 1 N–H and O–H groups in total. The molecule has 1 aromatic heterocycles. The molecule has 0 saturated heterocycles. The first kappa shape index (κ1) is 19.8. The van der Waals surface area contributed by atoms with Crippen molar-refractivity contribution in [2.24, 2.45) is 0 Å². The first-order valence-electron chi connectivity index (χ1n) is 9.18. The molecule has 0 aliphatic rings. The number of unbranched alkanes of at least 4 members (excludes halogenated alkanes) is 1. The highest BCUT2D eigenvalue weighted by Crippen LogP contribution is 2.30. The number of fused-ring (bicyclic) bond motifs is 1. The van der Waals surface area contributed by atoms with Gasteiger partial charge in [0.25, 0.3) is 5.91 Å². The van der Waals surface area contributed by atoms with Gasteiger partial charge in [-0.05, 0) is 24.6 Å². The van der Waals surface area contributed by atoms with Gasteiger partial charge in [-0.1, -0.05) is 61.3 Å². The van der Waals surface area contributed by atoms with Crippen molar-refractivity contribution < 1.29 is 14.3 Å². The molecule has 0 atom stereocenters. The highest BCUT2D eigenvalue weighted by molar-refractivity contribution is 6.33. The Bertz CT molecular complexity index is 1000. The molecule has 3 rings (SSSR count). The second-order valence-corrected chi connectivity index (χ2v) is 6.74. The van der Waals surface area contributed by atoms with Crippen molar-refractivity contribution in [1.82, 2.24) is 10.3 Å². The van der Waals surface area contributed by atoms with E-state index in [0.717, 1.165) is 18.4 Å². The number of hydrogen-bond acceptors (Lipinski definition) is 4. The van der Waals surface area contributed by atoms with E-state index in [9.17, 15) is 9.59 Å². The van der Waals surface area contributed by atoms with E-state index in [2.05, 4.69) is 10.3 Å². The van der Waals surface area contributed by atoms with E-state index in [-0.39, 0.29) is 12.5 Å². The van der Waals surface area contributed by atoms with Crippen LogP contribution in [0.2, 0.25) is 5.02 Å². The monoisotopic (exact) mass is 396 g/mol. The van der Waals surface area contributed by atoms with Gasteiger partial charge in [-0.3, -0.25) is 4.79 Å². The minimum Gasteiger partial charge on any atom is -0.452 e. The Hall–Kier alpha value is -2.92. The number of nitrogens with one attached hydrogen (secondary N) is 1. The minimum atomic E-state index is -0.572. The number of nitrogens with zero attached hydrogens (tertiary/aromatic N) is 1. The number of hydrogen-bond donors (Lipinski definition) is 1. The number of rotatable bonds is 7. The van der Waals surface area contributed by atoms with Crippen LogP contribution in [0.3, 0.4) is 0 Å². The summed E-state index contributed by atoms with van der Waals surface area (Å²) >= 11 is 6.30. The summed E-state index contributed by atoms with van der Waals surface area (Å²) < 4.78 is 5.24. The lowest BCUT2D eigenvalue weighted by Gasteiger charge is -2.11. The van der Waals surface area contributed by atoms with Gasteiger partial charge >= 0.3 is 5.97 Å². The quantitative estimate of drug-likeness (QED) is 0.467. The number of para-hydroxylation sites is 1. The Balaban J connectivity index is 1.88.